The van der Waals surface area contributed by atoms with Crippen LogP contribution in [0.5, 0.6) is 11.6 Å². The van der Waals surface area contributed by atoms with Gasteiger partial charge in [0.25, 0.3) is 0 Å². The Bertz CT molecular complexity index is 1520. The van der Waals surface area contributed by atoms with Crippen LogP contribution in [0, 0.1) is 5.92 Å². The first kappa shape index (κ1) is 31.5. The van der Waals surface area contributed by atoms with Gasteiger partial charge in [-0.1, -0.05) is 23.2 Å². The maximum Gasteiger partial charge on any atom is 0.305 e. The fraction of sp³-hybridized carbons (Fsp3) is 0.469. The van der Waals surface area contributed by atoms with E-state index in [2.05, 4.69) is 19.8 Å². The number of rotatable bonds is 9. The Morgan fingerprint density at radius 1 is 0.956 bits per heavy atom. The van der Waals surface area contributed by atoms with Crippen LogP contribution in [-0.2, 0) is 20.9 Å². The van der Waals surface area contributed by atoms with Gasteiger partial charge in [0.1, 0.15) is 0 Å². The number of piperidine rings is 1. The minimum absolute atomic E-state index is 0.0454. The van der Waals surface area contributed by atoms with E-state index in [0.717, 1.165) is 49.9 Å². The molecule has 1 amide bonds. The molecule has 3 aromatic rings. The molecule has 0 unspecified atom stereocenters. The van der Waals surface area contributed by atoms with Gasteiger partial charge in [0.2, 0.25) is 17.7 Å². The third-order valence-electron chi connectivity index (χ3n) is 8.72. The van der Waals surface area contributed by atoms with Crippen molar-refractivity contribution in [2.24, 2.45) is 11.7 Å². The molecule has 3 aliphatic rings. The number of ether oxygens (including phenoxy) is 2. The summed E-state index contributed by atoms with van der Waals surface area (Å²) in [5.74, 6) is 1.66. The first-order valence-corrected chi connectivity index (χ1v) is 16.0. The number of halogens is 2. The SMILES string of the molecule is COC(=O)CC1CCN(Cc2cc(Oc3cnc(N4CCN(C(=O)C5(N)CC5)CC4)nc3)nc(-c3cc(Cl)cc(Cl)c3)c2)CC1. The number of anilines is 1. The van der Waals surface area contributed by atoms with Gasteiger partial charge in [0.15, 0.2) is 5.75 Å². The van der Waals surface area contributed by atoms with Gasteiger partial charge in [-0.3, -0.25) is 14.5 Å². The summed E-state index contributed by atoms with van der Waals surface area (Å²) in [4.78, 5) is 44.4. The van der Waals surface area contributed by atoms with Crippen molar-refractivity contribution in [3.8, 4) is 22.9 Å². The number of methoxy groups -OCH3 is 1. The van der Waals surface area contributed by atoms with Gasteiger partial charge in [-0.15, -0.1) is 0 Å². The number of pyridine rings is 1. The number of carbonyl (C=O) groups is 2. The second kappa shape index (κ2) is 13.5. The van der Waals surface area contributed by atoms with Crippen molar-refractivity contribution in [1.82, 2.24) is 24.8 Å². The lowest BCUT2D eigenvalue weighted by molar-refractivity contribution is -0.142. The Morgan fingerprint density at radius 2 is 1.62 bits per heavy atom. The molecule has 2 saturated heterocycles. The van der Waals surface area contributed by atoms with Crippen LogP contribution in [0.3, 0.4) is 0 Å². The van der Waals surface area contributed by atoms with Gasteiger partial charge in [-0.2, -0.15) is 0 Å². The van der Waals surface area contributed by atoms with Crippen LogP contribution in [0.1, 0.15) is 37.7 Å². The van der Waals surface area contributed by atoms with Crippen LogP contribution < -0.4 is 15.4 Å². The molecule has 0 spiro atoms. The second-order valence-corrected chi connectivity index (χ2v) is 13.0. The fourth-order valence-corrected chi connectivity index (χ4v) is 6.42. The lowest BCUT2D eigenvalue weighted by Crippen LogP contribution is -2.54. The number of hydrogen-bond donors (Lipinski definition) is 1. The van der Waals surface area contributed by atoms with E-state index in [1.807, 2.05) is 29.2 Å². The molecule has 238 valence electrons. The maximum atomic E-state index is 12.6. The normalized spacial score (nSPS) is 18.5. The van der Waals surface area contributed by atoms with E-state index in [1.54, 1.807) is 18.5 Å². The van der Waals surface area contributed by atoms with Crippen LogP contribution >= 0.6 is 23.2 Å². The van der Waals surface area contributed by atoms with E-state index in [-0.39, 0.29) is 11.9 Å². The molecule has 3 fully saturated rings. The number of carbonyl (C=O) groups excluding carboxylic acids is 2. The van der Waals surface area contributed by atoms with Crippen molar-refractivity contribution in [3.05, 3.63) is 58.3 Å². The van der Waals surface area contributed by atoms with Crippen LogP contribution in [-0.4, -0.2) is 88.5 Å². The number of piperazine rings is 1. The highest BCUT2D eigenvalue weighted by Gasteiger charge is 2.48. The zero-order valence-electron chi connectivity index (χ0n) is 25.3. The van der Waals surface area contributed by atoms with E-state index >= 15 is 0 Å². The topological polar surface area (TPSA) is 127 Å². The number of likely N-dealkylation sites (tertiary alicyclic amines) is 1. The van der Waals surface area contributed by atoms with Crippen molar-refractivity contribution in [1.29, 1.82) is 0 Å². The molecule has 1 aliphatic carbocycles. The molecule has 1 saturated carbocycles. The Morgan fingerprint density at radius 3 is 2.24 bits per heavy atom. The van der Waals surface area contributed by atoms with Gasteiger partial charge in [-0.25, -0.2) is 15.0 Å². The van der Waals surface area contributed by atoms with Crippen LogP contribution in [0.4, 0.5) is 5.95 Å². The van der Waals surface area contributed by atoms with E-state index in [0.29, 0.717) is 78.4 Å². The van der Waals surface area contributed by atoms with E-state index in [9.17, 15) is 9.59 Å². The fourth-order valence-electron chi connectivity index (χ4n) is 5.90. The average molecular weight is 655 g/mol. The zero-order chi connectivity index (χ0) is 31.6. The number of hydrogen-bond acceptors (Lipinski definition) is 10. The highest BCUT2D eigenvalue weighted by Crippen LogP contribution is 2.35. The second-order valence-electron chi connectivity index (χ2n) is 12.1. The number of aromatic nitrogens is 3. The van der Waals surface area contributed by atoms with Crippen molar-refractivity contribution in [2.75, 3.05) is 51.3 Å². The number of esters is 1. The quantitative estimate of drug-likeness (QED) is 0.329. The molecule has 1 aromatic carbocycles. The first-order valence-electron chi connectivity index (χ1n) is 15.3. The Kier molecular flexibility index (Phi) is 9.41. The standard InChI is InChI=1S/C32H37Cl2N7O4/c1-44-29(42)14-21-2-6-39(7-3-21)20-22-12-27(23-15-24(33)17-25(34)16-23)38-28(13-22)45-26-18-36-31(37-19-26)41-10-8-40(9-11-41)30(43)32(35)4-5-32/h12-13,15-19,21H,2-11,14,20,35H2,1H3. The first-order chi connectivity index (χ1) is 21.7. The van der Waals surface area contributed by atoms with E-state index in [1.165, 1.54) is 7.11 Å². The lowest BCUT2D eigenvalue weighted by Gasteiger charge is -2.35. The molecule has 45 heavy (non-hydrogen) atoms. The molecule has 13 heteroatoms. The zero-order valence-corrected chi connectivity index (χ0v) is 26.8. The molecular formula is C32H37Cl2N7O4. The van der Waals surface area contributed by atoms with Crippen molar-refractivity contribution in [3.63, 3.8) is 0 Å². The van der Waals surface area contributed by atoms with Crippen LogP contribution in [0.25, 0.3) is 11.3 Å². The summed E-state index contributed by atoms with van der Waals surface area (Å²) in [5, 5.41) is 1.04. The van der Waals surface area contributed by atoms with Crippen molar-refractivity contribution in [2.45, 2.75) is 44.2 Å². The van der Waals surface area contributed by atoms with E-state index in [4.69, 9.17) is 43.4 Å². The number of amides is 1. The summed E-state index contributed by atoms with van der Waals surface area (Å²) < 4.78 is 11.0. The molecular weight excluding hydrogens is 617 g/mol. The molecule has 2 N–H and O–H groups in total. The molecule has 11 nitrogen and oxygen atoms in total. The Hall–Kier alpha value is -3.51. The predicted octanol–water partition coefficient (Wildman–Crippen LogP) is 4.55. The molecule has 0 radical (unpaired) electrons. The molecule has 2 aliphatic heterocycles. The minimum atomic E-state index is -0.648. The van der Waals surface area contributed by atoms with Gasteiger partial charge < -0.3 is 25.0 Å². The summed E-state index contributed by atoms with van der Waals surface area (Å²) in [7, 11) is 1.43. The molecule has 6 rings (SSSR count). The Labute approximate surface area is 272 Å². The largest absolute Gasteiger partial charge is 0.469 e. The lowest BCUT2D eigenvalue weighted by atomic mass is 9.93. The molecule has 2 aromatic heterocycles. The minimum Gasteiger partial charge on any atom is -0.469 e. The highest BCUT2D eigenvalue weighted by molar-refractivity contribution is 6.35. The van der Waals surface area contributed by atoms with Crippen LogP contribution in [0.2, 0.25) is 10.0 Å². The van der Waals surface area contributed by atoms with Gasteiger partial charge in [-0.05, 0) is 74.5 Å². The number of nitrogens with two attached hydrogens (primary N) is 1. The summed E-state index contributed by atoms with van der Waals surface area (Å²) in [6.07, 6.45) is 7.12. The summed E-state index contributed by atoms with van der Waals surface area (Å²) in [5.41, 5.74) is 7.94. The Balaban J connectivity index is 1.14. The van der Waals surface area contributed by atoms with Gasteiger partial charge in [0.05, 0.1) is 30.7 Å². The highest BCUT2D eigenvalue weighted by atomic mass is 35.5. The van der Waals surface area contributed by atoms with Crippen molar-refractivity contribution >= 4 is 41.0 Å². The molecule has 0 atom stereocenters. The number of nitrogens with zero attached hydrogens (tertiary/aromatic N) is 6. The summed E-state index contributed by atoms with van der Waals surface area (Å²) in [6.45, 7) is 4.91. The molecule has 0 bridgehead atoms. The average Bonchev–Trinajstić information content (AvgIpc) is 3.79. The summed E-state index contributed by atoms with van der Waals surface area (Å²) in [6, 6.07) is 9.28. The summed E-state index contributed by atoms with van der Waals surface area (Å²) >= 11 is 12.6. The van der Waals surface area contributed by atoms with E-state index < -0.39 is 5.54 Å². The number of benzene rings is 1. The van der Waals surface area contributed by atoms with Gasteiger partial charge >= 0.3 is 5.97 Å². The predicted molar refractivity (Wildman–Crippen MR) is 171 cm³/mol. The monoisotopic (exact) mass is 653 g/mol. The molecule has 4 heterocycles. The van der Waals surface area contributed by atoms with Crippen LogP contribution in [0.15, 0.2) is 42.7 Å². The third-order valence-corrected chi connectivity index (χ3v) is 9.15. The van der Waals surface area contributed by atoms with Crippen molar-refractivity contribution < 1.29 is 19.1 Å². The smallest absolute Gasteiger partial charge is 0.305 e. The third kappa shape index (κ3) is 7.84. The maximum absolute atomic E-state index is 12.6. The van der Waals surface area contributed by atoms with Gasteiger partial charge in [0, 0.05) is 60.8 Å².